The fourth-order valence-corrected chi connectivity index (χ4v) is 3.84. The van der Waals surface area contributed by atoms with Crippen LogP contribution in [0.3, 0.4) is 0 Å². The molecule has 94 valence electrons. The molecule has 2 aliphatic rings. The van der Waals surface area contributed by atoms with Gasteiger partial charge in [-0.1, -0.05) is 13.8 Å². The monoisotopic (exact) mass is 247 g/mol. The van der Waals surface area contributed by atoms with E-state index in [-0.39, 0.29) is 11.6 Å². The van der Waals surface area contributed by atoms with E-state index >= 15 is 0 Å². The second-order valence-electron chi connectivity index (χ2n) is 5.77. The minimum atomic E-state index is -2.76. The van der Waals surface area contributed by atoms with Crippen LogP contribution in [-0.2, 0) is 14.6 Å². The molecule has 0 aromatic heterocycles. The zero-order chi connectivity index (χ0) is 11.8. The van der Waals surface area contributed by atoms with Crippen LogP contribution in [0.2, 0.25) is 0 Å². The van der Waals surface area contributed by atoms with Crippen molar-refractivity contribution in [2.45, 2.75) is 32.9 Å². The van der Waals surface area contributed by atoms with Gasteiger partial charge in [0, 0.05) is 17.9 Å². The topological polar surface area (TPSA) is 55.4 Å². The van der Waals surface area contributed by atoms with E-state index in [0.717, 1.165) is 26.0 Å². The third kappa shape index (κ3) is 2.96. The maximum atomic E-state index is 11.3. The van der Waals surface area contributed by atoms with E-state index in [0.29, 0.717) is 17.4 Å². The summed E-state index contributed by atoms with van der Waals surface area (Å²) in [6, 6.07) is 0. The standard InChI is InChI=1S/C11H21NO3S/c1-11(2)7-12-10(15-8-11)9-3-5-16(13,14)6-4-9/h9-10,12H,3-8H2,1-2H3. The molecule has 2 aliphatic heterocycles. The van der Waals surface area contributed by atoms with Crippen molar-refractivity contribution in [2.24, 2.45) is 11.3 Å². The number of rotatable bonds is 1. The molecular weight excluding hydrogens is 226 g/mol. The summed E-state index contributed by atoms with van der Waals surface area (Å²) < 4.78 is 28.4. The van der Waals surface area contributed by atoms with Crippen molar-refractivity contribution in [1.82, 2.24) is 5.32 Å². The first-order valence-corrected chi connectivity index (χ1v) is 7.76. The van der Waals surface area contributed by atoms with Crippen LogP contribution in [0, 0.1) is 11.3 Å². The first-order chi connectivity index (χ1) is 7.38. The molecule has 2 saturated heterocycles. The molecule has 5 heteroatoms. The Morgan fingerprint density at radius 3 is 2.38 bits per heavy atom. The highest BCUT2D eigenvalue weighted by Gasteiger charge is 2.34. The van der Waals surface area contributed by atoms with Gasteiger partial charge in [-0.3, -0.25) is 5.32 Å². The van der Waals surface area contributed by atoms with Gasteiger partial charge in [0.05, 0.1) is 18.1 Å². The lowest BCUT2D eigenvalue weighted by Gasteiger charge is -2.40. The molecule has 0 aromatic rings. The number of hydrogen-bond donors (Lipinski definition) is 1. The van der Waals surface area contributed by atoms with Crippen LogP contribution in [0.4, 0.5) is 0 Å². The van der Waals surface area contributed by atoms with Gasteiger partial charge in [0.1, 0.15) is 16.1 Å². The van der Waals surface area contributed by atoms with Gasteiger partial charge in [-0.05, 0) is 12.8 Å². The Hall–Kier alpha value is -0.130. The predicted octanol–water partition coefficient (Wildman–Crippen LogP) is 0.783. The maximum absolute atomic E-state index is 11.3. The molecule has 2 heterocycles. The summed E-state index contributed by atoms with van der Waals surface area (Å²) in [7, 11) is -2.76. The molecule has 1 unspecified atom stereocenters. The largest absolute Gasteiger partial charge is 0.362 e. The minimum Gasteiger partial charge on any atom is -0.362 e. The summed E-state index contributed by atoms with van der Waals surface area (Å²) in [4.78, 5) is 0. The Labute approximate surface area is 97.7 Å². The van der Waals surface area contributed by atoms with Gasteiger partial charge in [0.2, 0.25) is 0 Å². The van der Waals surface area contributed by atoms with Crippen molar-refractivity contribution >= 4 is 9.84 Å². The van der Waals surface area contributed by atoms with Crippen LogP contribution in [0.1, 0.15) is 26.7 Å². The molecule has 0 bridgehead atoms. The molecule has 0 aliphatic carbocycles. The van der Waals surface area contributed by atoms with Crippen molar-refractivity contribution in [1.29, 1.82) is 0 Å². The molecule has 2 rings (SSSR count). The highest BCUT2D eigenvalue weighted by atomic mass is 32.2. The molecule has 2 fully saturated rings. The summed E-state index contributed by atoms with van der Waals surface area (Å²) in [5, 5.41) is 3.39. The highest BCUT2D eigenvalue weighted by Crippen LogP contribution is 2.27. The average molecular weight is 247 g/mol. The second kappa shape index (κ2) is 4.27. The minimum absolute atomic E-state index is 0.0588. The molecule has 16 heavy (non-hydrogen) atoms. The molecule has 1 atom stereocenters. The summed E-state index contributed by atoms with van der Waals surface area (Å²) in [5.74, 6) is 1.00. The Bertz CT molecular complexity index is 326. The number of ether oxygens (including phenoxy) is 1. The lowest BCUT2D eigenvalue weighted by atomic mass is 9.91. The maximum Gasteiger partial charge on any atom is 0.150 e. The fraction of sp³-hybridized carbons (Fsp3) is 1.00. The first-order valence-electron chi connectivity index (χ1n) is 5.93. The predicted molar refractivity (Wildman–Crippen MR) is 62.9 cm³/mol. The SMILES string of the molecule is CC1(C)CNC(C2CCS(=O)(=O)CC2)OC1. The van der Waals surface area contributed by atoms with E-state index in [1.807, 2.05) is 0 Å². The van der Waals surface area contributed by atoms with Crippen LogP contribution in [0.25, 0.3) is 0 Å². The summed E-state index contributed by atoms with van der Waals surface area (Å²) in [6.07, 6.45) is 1.53. The smallest absolute Gasteiger partial charge is 0.150 e. The molecule has 0 amide bonds. The Balaban J connectivity index is 1.87. The van der Waals surface area contributed by atoms with Crippen LogP contribution in [0.15, 0.2) is 0 Å². The quantitative estimate of drug-likeness (QED) is 0.744. The molecule has 4 nitrogen and oxygen atoms in total. The number of nitrogens with one attached hydrogen (secondary N) is 1. The molecule has 1 N–H and O–H groups in total. The zero-order valence-electron chi connectivity index (χ0n) is 10.0. The average Bonchev–Trinajstić information content (AvgIpc) is 2.19. The third-order valence-electron chi connectivity index (χ3n) is 3.46. The highest BCUT2D eigenvalue weighted by molar-refractivity contribution is 7.91. The van der Waals surface area contributed by atoms with Crippen LogP contribution in [0.5, 0.6) is 0 Å². The lowest BCUT2D eigenvalue weighted by molar-refractivity contribution is -0.0865. The van der Waals surface area contributed by atoms with Gasteiger partial charge < -0.3 is 4.74 Å². The van der Waals surface area contributed by atoms with Gasteiger partial charge in [0.15, 0.2) is 0 Å². The number of hydrogen-bond acceptors (Lipinski definition) is 4. The Morgan fingerprint density at radius 2 is 1.88 bits per heavy atom. The van der Waals surface area contributed by atoms with E-state index in [1.54, 1.807) is 0 Å². The molecule has 0 saturated carbocycles. The summed E-state index contributed by atoms with van der Waals surface area (Å²) >= 11 is 0. The zero-order valence-corrected chi connectivity index (χ0v) is 10.8. The third-order valence-corrected chi connectivity index (χ3v) is 5.18. The van der Waals surface area contributed by atoms with Crippen LogP contribution < -0.4 is 5.32 Å². The fourth-order valence-electron chi connectivity index (χ4n) is 2.32. The van der Waals surface area contributed by atoms with Crippen molar-refractivity contribution in [2.75, 3.05) is 24.7 Å². The summed E-state index contributed by atoms with van der Waals surface area (Å²) in [6.45, 7) is 6.04. The van der Waals surface area contributed by atoms with Crippen LogP contribution in [-0.4, -0.2) is 39.3 Å². The van der Waals surface area contributed by atoms with E-state index in [9.17, 15) is 8.42 Å². The van der Waals surface area contributed by atoms with E-state index < -0.39 is 9.84 Å². The Kier molecular flexibility index (Phi) is 3.29. The van der Waals surface area contributed by atoms with Gasteiger partial charge >= 0.3 is 0 Å². The van der Waals surface area contributed by atoms with Crippen molar-refractivity contribution in [3.63, 3.8) is 0 Å². The van der Waals surface area contributed by atoms with Gasteiger partial charge in [-0.25, -0.2) is 8.42 Å². The summed E-state index contributed by atoms with van der Waals surface area (Å²) in [5.41, 5.74) is 0.192. The number of sulfone groups is 1. The van der Waals surface area contributed by atoms with Crippen molar-refractivity contribution in [3.8, 4) is 0 Å². The van der Waals surface area contributed by atoms with Gasteiger partial charge in [0.25, 0.3) is 0 Å². The second-order valence-corrected chi connectivity index (χ2v) is 8.07. The normalized spacial score (nSPS) is 34.8. The molecule has 0 spiro atoms. The molecule has 0 radical (unpaired) electrons. The van der Waals surface area contributed by atoms with E-state index in [1.165, 1.54) is 0 Å². The van der Waals surface area contributed by atoms with Gasteiger partial charge in [-0.15, -0.1) is 0 Å². The van der Waals surface area contributed by atoms with Crippen molar-refractivity contribution in [3.05, 3.63) is 0 Å². The van der Waals surface area contributed by atoms with E-state index in [4.69, 9.17) is 4.74 Å². The van der Waals surface area contributed by atoms with Crippen LogP contribution >= 0.6 is 0 Å². The molecular formula is C11H21NO3S. The van der Waals surface area contributed by atoms with Gasteiger partial charge in [-0.2, -0.15) is 0 Å². The lowest BCUT2D eigenvalue weighted by Crippen LogP contribution is -2.52. The van der Waals surface area contributed by atoms with E-state index in [2.05, 4.69) is 19.2 Å². The Morgan fingerprint density at radius 1 is 1.25 bits per heavy atom. The van der Waals surface area contributed by atoms with Crippen molar-refractivity contribution < 1.29 is 13.2 Å². The molecule has 0 aromatic carbocycles. The first kappa shape index (κ1) is 12.3.